The molecule has 2 atom stereocenters. The molecular formula is C14H24N4S. The van der Waals surface area contributed by atoms with Gasteiger partial charge in [-0.1, -0.05) is 33.1 Å². The summed E-state index contributed by atoms with van der Waals surface area (Å²) in [5.74, 6) is 6.39. The average molecular weight is 280 g/mol. The second-order valence-corrected chi connectivity index (χ2v) is 5.99. The van der Waals surface area contributed by atoms with Gasteiger partial charge in [0.15, 0.2) is 4.96 Å². The molecule has 0 amide bonds. The summed E-state index contributed by atoms with van der Waals surface area (Å²) in [5, 5.41) is 2.06. The van der Waals surface area contributed by atoms with Gasteiger partial charge in [-0.15, -0.1) is 11.3 Å². The molecule has 0 spiro atoms. The monoisotopic (exact) mass is 280 g/mol. The first-order valence-corrected chi connectivity index (χ1v) is 8.03. The number of unbranched alkanes of at least 4 members (excludes halogenated alkanes) is 1. The van der Waals surface area contributed by atoms with Crippen molar-refractivity contribution in [3.63, 3.8) is 0 Å². The van der Waals surface area contributed by atoms with Crippen LogP contribution in [0.1, 0.15) is 45.2 Å². The van der Waals surface area contributed by atoms with Gasteiger partial charge in [-0.2, -0.15) is 0 Å². The Labute approximate surface area is 119 Å². The van der Waals surface area contributed by atoms with Crippen molar-refractivity contribution in [1.82, 2.24) is 14.8 Å². The normalized spacial score (nSPS) is 14.9. The van der Waals surface area contributed by atoms with Gasteiger partial charge in [0, 0.05) is 30.2 Å². The van der Waals surface area contributed by atoms with Crippen molar-refractivity contribution >= 4 is 16.3 Å². The Morgan fingerprint density at radius 2 is 2.32 bits per heavy atom. The minimum atomic E-state index is 0.321. The lowest BCUT2D eigenvalue weighted by Gasteiger charge is -2.25. The van der Waals surface area contributed by atoms with Crippen molar-refractivity contribution in [2.45, 2.75) is 52.0 Å². The second-order valence-electron chi connectivity index (χ2n) is 5.11. The Morgan fingerprint density at radius 1 is 1.47 bits per heavy atom. The van der Waals surface area contributed by atoms with Gasteiger partial charge in [0.25, 0.3) is 0 Å². The fraction of sp³-hybridized carbons (Fsp3) is 0.643. The summed E-state index contributed by atoms with van der Waals surface area (Å²) >= 11 is 1.67. The molecule has 2 unspecified atom stereocenters. The van der Waals surface area contributed by atoms with E-state index in [1.165, 1.54) is 19.3 Å². The van der Waals surface area contributed by atoms with Crippen LogP contribution in [-0.4, -0.2) is 15.4 Å². The van der Waals surface area contributed by atoms with Gasteiger partial charge in [0.05, 0.1) is 5.69 Å². The lowest BCUT2D eigenvalue weighted by Crippen LogP contribution is -2.42. The third-order valence-corrected chi connectivity index (χ3v) is 4.58. The van der Waals surface area contributed by atoms with Crippen LogP contribution in [0.4, 0.5) is 0 Å². The molecule has 0 bridgehead atoms. The smallest absolute Gasteiger partial charge is 0.193 e. The third-order valence-electron chi connectivity index (χ3n) is 3.81. The van der Waals surface area contributed by atoms with Gasteiger partial charge in [-0.05, 0) is 12.3 Å². The topological polar surface area (TPSA) is 55.3 Å². The minimum Gasteiger partial charge on any atom is -0.297 e. The maximum absolute atomic E-state index is 5.76. The molecule has 0 aliphatic heterocycles. The Balaban J connectivity index is 2.02. The molecule has 0 aliphatic carbocycles. The number of nitrogens with one attached hydrogen (secondary N) is 1. The van der Waals surface area contributed by atoms with E-state index in [1.54, 1.807) is 11.3 Å². The lowest BCUT2D eigenvalue weighted by molar-refractivity contribution is 0.317. The van der Waals surface area contributed by atoms with Crippen LogP contribution < -0.4 is 11.3 Å². The van der Waals surface area contributed by atoms with Gasteiger partial charge in [0.2, 0.25) is 0 Å². The highest BCUT2D eigenvalue weighted by Crippen LogP contribution is 2.20. The van der Waals surface area contributed by atoms with Crippen LogP contribution in [0.5, 0.6) is 0 Å². The number of nitrogens with zero attached hydrogens (tertiary/aromatic N) is 2. The zero-order valence-corrected chi connectivity index (χ0v) is 12.6. The molecule has 2 rings (SSSR count). The van der Waals surface area contributed by atoms with E-state index in [0.29, 0.717) is 12.0 Å². The van der Waals surface area contributed by atoms with Crippen molar-refractivity contribution in [3.05, 3.63) is 23.5 Å². The van der Waals surface area contributed by atoms with Crippen LogP contribution in [0, 0.1) is 5.92 Å². The van der Waals surface area contributed by atoms with Crippen molar-refractivity contribution in [3.8, 4) is 0 Å². The number of hydrogen-bond acceptors (Lipinski definition) is 4. The number of imidazole rings is 1. The molecule has 5 heteroatoms. The van der Waals surface area contributed by atoms with E-state index in [0.717, 1.165) is 23.5 Å². The zero-order chi connectivity index (χ0) is 13.7. The molecule has 2 heterocycles. The highest BCUT2D eigenvalue weighted by atomic mass is 32.1. The predicted molar refractivity (Wildman–Crippen MR) is 81.2 cm³/mol. The standard InChI is InChI=1S/C14H24N4S/c1-3-5-6-11(4-2)13(17-15)9-12-10-18-7-8-19-14(18)16-12/h7-8,10-11,13,17H,3-6,9,15H2,1-2H3. The summed E-state index contributed by atoms with van der Waals surface area (Å²) in [4.78, 5) is 5.71. The quantitative estimate of drug-likeness (QED) is 0.577. The largest absolute Gasteiger partial charge is 0.297 e. The molecule has 0 fully saturated rings. The molecular weight excluding hydrogens is 256 g/mol. The summed E-state index contributed by atoms with van der Waals surface area (Å²) in [7, 11) is 0. The molecule has 0 radical (unpaired) electrons. The highest BCUT2D eigenvalue weighted by Gasteiger charge is 2.20. The van der Waals surface area contributed by atoms with Gasteiger partial charge in [-0.3, -0.25) is 15.7 Å². The summed E-state index contributed by atoms with van der Waals surface area (Å²) < 4.78 is 2.08. The third kappa shape index (κ3) is 3.55. The van der Waals surface area contributed by atoms with E-state index in [-0.39, 0.29) is 0 Å². The lowest BCUT2D eigenvalue weighted by atomic mass is 9.89. The van der Waals surface area contributed by atoms with Crippen LogP contribution in [-0.2, 0) is 6.42 Å². The van der Waals surface area contributed by atoms with Crippen molar-refractivity contribution in [2.75, 3.05) is 0 Å². The number of aromatic nitrogens is 2. The number of hydrogen-bond donors (Lipinski definition) is 2. The van der Waals surface area contributed by atoms with E-state index in [1.807, 2.05) is 0 Å². The Bertz CT molecular complexity index is 462. The number of fused-ring (bicyclic) bond motifs is 1. The maximum Gasteiger partial charge on any atom is 0.193 e. The number of thiazole rings is 1. The molecule has 0 saturated carbocycles. The van der Waals surface area contributed by atoms with E-state index in [2.05, 4.69) is 46.4 Å². The minimum absolute atomic E-state index is 0.321. The second kappa shape index (κ2) is 7.03. The first-order valence-electron chi connectivity index (χ1n) is 7.15. The summed E-state index contributed by atoms with van der Waals surface area (Å²) in [6, 6.07) is 0.321. The highest BCUT2D eigenvalue weighted by molar-refractivity contribution is 7.15. The summed E-state index contributed by atoms with van der Waals surface area (Å²) in [6.07, 6.45) is 10.00. The van der Waals surface area contributed by atoms with Gasteiger partial charge in [-0.25, -0.2) is 4.98 Å². The fourth-order valence-electron chi connectivity index (χ4n) is 2.62. The number of nitrogens with two attached hydrogens (primary N) is 1. The molecule has 19 heavy (non-hydrogen) atoms. The predicted octanol–water partition coefficient (Wildman–Crippen LogP) is 2.99. The van der Waals surface area contributed by atoms with E-state index in [9.17, 15) is 0 Å². The van der Waals surface area contributed by atoms with Crippen LogP contribution in [0.2, 0.25) is 0 Å². The molecule has 2 aromatic heterocycles. The molecule has 0 aromatic carbocycles. The molecule has 2 aromatic rings. The van der Waals surface area contributed by atoms with Gasteiger partial charge in [0.1, 0.15) is 0 Å². The Morgan fingerprint density at radius 3 is 2.95 bits per heavy atom. The first-order chi connectivity index (χ1) is 9.28. The van der Waals surface area contributed by atoms with E-state index >= 15 is 0 Å². The van der Waals surface area contributed by atoms with Gasteiger partial charge >= 0.3 is 0 Å². The molecule has 0 saturated heterocycles. The Hall–Kier alpha value is -0.910. The van der Waals surface area contributed by atoms with Crippen molar-refractivity contribution < 1.29 is 0 Å². The summed E-state index contributed by atoms with van der Waals surface area (Å²) in [5.41, 5.74) is 4.13. The average Bonchev–Trinajstić information content (AvgIpc) is 2.98. The SMILES string of the molecule is CCCCC(CC)C(Cc1cn2ccsc2n1)NN. The van der Waals surface area contributed by atoms with Crippen LogP contribution in [0.15, 0.2) is 17.8 Å². The van der Waals surface area contributed by atoms with Crippen LogP contribution >= 0.6 is 11.3 Å². The maximum atomic E-state index is 5.76. The van der Waals surface area contributed by atoms with E-state index in [4.69, 9.17) is 5.84 Å². The zero-order valence-electron chi connectivity index (χ0n) is 11.8. The molecule has 0 aliphatic rings. The van der Waals surface area contributed by atoms with Crippen molar-refractivity contribution in [1.29, 1.82) is 0 Å². The van der Waals surface area contributed by atoms with Crippen molar-refractivity contribution in [2.24, 2.45) is 11.8 Å². The van der Waals surface area contributed by atoms with E-state index < -0.39 is 0 Å². The van der Waals surface area contributed by atoms with Crippen LogP contribution in [0.3, 0.4) is 0 Å². The molecule has 3 N–H and O–H groups in total. The summed E-state index contributed by atoms with van der Waals surface area (Å²) in [6.45, 7) is 4.48. The van der Waals surface area contributed by atoms with Crippen LogP contribution in [0.25, 0.3) is 4.96 Å². The fourth-order valence-corrected chi connectivity index (χ4v) is 3.34. The van der Waals surface area contributed by atoms with Gasteiger partial charge < -0.3 is 0 Å². The molecule has 106 valence electrons. The Kier molecular flexibility index (Phi) is 5.36. The first kappa shape index (κ1) is 14.5. The number of hydrazine groups is 1. The number of rotatable bonds is 8. The molecule has 4 nitrogen and oxygen atoms in total.